The molecule has 0 spiro atoms. The molecule has 1 atom stereocenters. The minimum atomic E-state index is -0.797. The number of carbonyl (C=O) groups is 3. The van der Waals surface area contributed by atoms with Crippen molar-refractivity contribution in [3.8, 4) is 0 Å². The van der Waals surface area contributed by atoms with Crippen LogP contribution in [0.25, 0.3) is 0 Å². The summed E-state index contributed by atoms with van der Waals surface area (Å²) in [6, 6.07) is 0. The molecule has 6 heteroatoms. The minimum absolute atomic E-state index is 0.0897. The maximum absolute atomic E-state index is 12.9. The molecule has 0 fully saturated rings. The zero-order chi connectivity index (χ0) is 59.2. The third-order valence-electron chi connectivity index (χ3n) is 15.0. The lowest BCUT2D eigenvalue weighted by atomic mass is 10.0. The van der Waals surface area contributed by atoms with Crippen molar-refractivity contribution in [2.75, 3.05) is 13.2 Å². The number of unbranched alkanes of at least 4 members (excludes halogenated alkanes) is 34. The molecular formula is C76H130O6. The SMILES string of the molecule is CC/C=C\C/C=C\C/C=C\C/C=C\C/C=C\CCCCCCCC(=O)OC(COC(=O)CCCCCCC/C=C\C/C=C\CCCC)COC(=O)CCCCCCCCCCCCCCCCCCC/C=C\C/C=C\CCCCCCC. The Kier molecular flexibility index (Phi) is 66.2. The molecule has 0 aromatic heterocycles. The molecule has 0 aliphatic carbocycles. The van der Waals surface area contributed by atoms with Crippen molar-refractivity contribution in [3.05, 3.63) is 109 Å². The molecule has 0 aromatic carbocycles. The van der Waals surface area contributed by atoms with Crippen molar-refractivity contribution < 1.29 is 28.6 Å². The topological polar surface area (TPSA) is 78.9 Å². The molecule has 0 bridgehead atoms. The Morgan fingerprint density at radius 1 is 0.256 bits per heavy atom. The van der Waals surface area contributed by atoms with Gasteiger partial charge >= 0.3 is 17.9 Å². The molecule has 0 aliphatic rings. The highest BCUT2D eigenvalue weighted by molar-refractivity contribution is 5.71. The van der Waals surface area contributed by atoms with Crippen LogP contribution < -0.4 is 0 Å². The standard InChI is InChI=1S/C76H130O6/c1-4-7-10-13-16-19-22-25-28-30-32-34-35-36-37-38-39-40-41-43-44-46-48-51-54-57-60-63-66-69-75(78)81-72-73(71-80-74(77)68-65-62-59-56-53-50-27-24-21-18-15-12-9-6-3)82-76(79)70-67-64-61-58-55-52-49-47-45-42-33-31-29-26-23-20-17-14-11-8-5-2/h8,11,15,17-18,20,22,24-27,29-30,32-33,42,47,49,73H,4-7,9-10,12-14,16,19,21,23,28,31,34-41,43-46,48,50-72H2,1-3H3/b11-8-,18-15-,20-17-,25-22-,27-24-,29-26-,32-30-,42-33-,49-47-. The van der Waals surface area contributed by atoms with Gasteiger partial charge in [-0.25, -0.2) is 0 Å². The molecule has 0 aliphatic heterocycles. The Labute approximate surface area is 508 Å². The van der Waals surface area contributed by atoms with E-state index in [2.05, 4.69) is 130 Å². The molecule has 0 rings (SSSR count). The van der Waals surface area contributed by atoms with Gasteiger partial charge in [-0.3, -0.25) is 14.4 Å². The van der Waals surface area contributed by atoms with Crippen molar-refractivity contribution in [1.82, 2.24) is 0 Å². The number of ether oxygens (including phenoxy) is 3. The predicted octanol–water partition coefficient (Wildman–Crippen LogP) is 24.2. The Morgan fingerprint density at radius 3 is 0.780 bits per heavy atom. The smallest absolute Gasteiger partial charge is 0.306 e. The van der Waals surface area contributed by atoms with Crippen molar-refractivity contribution in [2.24, 2.45) is 0 Å². The third kappa shape index (κ3) is 66.9. The summed E-state index contributed by atoms with van der Waals surface area (Å²) in [7, 11) is 0. The summed E-state index contributed by atoms with van der Waals surface area (Å²) in [4.78, 5) is 38.4. The first kappa shape index (κ1) is 78.1. The Hall–Kier alpha value is -3.93. The van der Waals surface area contributed by atoms with E-state index >= 15 is 0 Å². The Morgan fingerprint density at radius 2 is 0.488 bits per heavy atom. The van der Waals surface area contributed by atoms with E-state index in [0.717, 1.165) is 141 Å². The quantitative estimate of drug-likeness (QED) is 0.0261. The summed E-state index contributed by atoms with van der Waals surface area (Å²) < 4.78 is 16.9. The molecule has 0 saturated heterocycles. The van der Waals surface area contributed by atoms with E-state index in [1.165, 1.54) is 154 Å². The summed E-state index contributed by atoms with van der Waals surface area (Å²) >= 11 is 0. The minimum Gasteiger partial charge on any atom is -0.462 e. The summed E-state index contributed by atoms with van der Waals surface area (Å²) in [5.74, 6) is -0.912. The molecule has 0 heterocycles. The van der Waals surface area contributed by atoms with Gasteiger partial charge in [-0.2, -0.15) is 0 Å². The number of allylic oxidation sites excluding steroid dienone is 18. The molecule has 0 N–H and O–H groups in total. The van der Waals surface area contributed by atoms with Crippen molar-refractivity contribution in [3.63, 3.8) is 0 Å². The molecular weight excluding hydrogens is 1010 g/mol. The van der Waals surface area contributed by atoms with E-state index < -0.39 is 6.10 Å². The second-order valence-corrected chi connectivity index (χ2v) is 23.1. The van der Waals surface area contributed by atoms with E-state index in [9.17, 15) is 14.4 Å². The molecule has 0 saturated carbocycles. The van der Waals surface area contributed by atoms with Crippen LogP contribution in [0.1, 0.15) is 335 Å². The fourth-order valence-corrected chi connectivity index (χ4v) is 9.75. The van der Waals surface area contributed by atoms with Crippen LogP contribution in [0.5, 0.6) is 0 Å². The summed E-state index contributed by atoms with van der Waals surface area (Å²) in [6.07, 6.45) is 95.4. The van der Waals surface area contributed by atoms with Gasteiger partial charge in [0.2, 0.25) is 0 Å². The van der Waals surface area contributed by atoms with Crippen LogP contribution in [0.4, 0.5) is 0 Å². The third-order valence-corrected chi connectivity index (χ3v) is 15.0. The first-order valence-corrected chi connectivity index (χ1v) is 34.9. The zero-order valence-electron chi connectivity index (χ0n) is 54.0. The second kappa shape index (κ2) is 69.6. The normalized spacial score (nSPS) is 12.8. The first-order valence-electron chi connectivity index (χ1n) is 34.9. The summed E-state index contributed by atoms with van der Waals surface area (Å²) in [6.45, 7) is 6.48. The number of hydrogen-bond acceptors (Lipinski definition) is 6. The van der Waals surface area contributed by atoms with Gasteiger partial charge in [0.1, 0.15) is 13.2 Å². The first-order chi connectivity index (χ1) is 40.5. The zero-order valence-corrected chi connectivity index (χ0v) is 54.0. The molecule has 0 radical (unpaired) electrons. The van der Waals surface area contributed by atoms with Crippen LogP contribution in [0.2, 0.25) is 0 Å². The highest BCUT2D eigenvalue weighted by Gasteiger charge is 2.19. The lowest BCUT2D eigenvalue weighted by molar-refractivity contribution is -0.167. The Bertz CT molecular complexity index is 1640. The largest absolute Gasteiger partial charge is 0.462 e. The molecule has 0 amide bonds. The van der Waals surface area contributed by atoms with Gasteiger partial charge in [-0.1, -0.05) is 304 Å². The molecule has 470 valence electrons. The molecule has 82 heavy (non-hydrogen) atoms. The fourth-order valence-electron chi connectivity index (χ4n) is 9.75. The maximum Gasteiger partial charge on any atom is 0.306 e. The van der Waals surface area contributed by atoms with Crippen LogP contribution in [0.15, 0.2) is 109 Å². The van der Waals surface area contributed by atoms with Crippen LogP contribution in [0.3, 0.4) is 0 Å². The lowest BCUT2D eigenvalue weighted by Crippen LogP contribution is -2.30. The number of carbonyl (C=O) groups excluding carboxylic acids is 3. The van der Waals surface area contributed by atoms with E-state index in [1.807, 2.05) is 0 Å². The van der Waals surface area contributed by atoms with Crippen molar-refractivity contribution >= 4 is 17.9 Å². The number of rotatable bonds is 63. The van der Waals surface area contributed by atoms with Gasteiger partial charge < -0.3 is 14.2 Å². The molecule has 6 nitrogen and oxygen atoms in total. The average Bonchev–Trinajstić information content (AvgIpc) is 3.47. The van der Waals surface area contributed by atoms with Crippen molar-refractivity contribution in [2.45, 2.75) is 341 Å². The highest BCUT2D eigenvalue weighted by atomic mass is 16.6. The monoisotopic (exact) mass is 1140 g/mol. The van der Waals surface area contributed by atoms with Gasteiger partial charge in [0.15, 0.2) is 6.10 Å². The van der Waals surface area contributed by atoms with Gasteiger partial charge in [0, 0.05) is 19.3 Å². The van der Waals surface area contributed by atoms with Gasteiger partial charge in [-0.15, -0.1) is 0 Å². The number of esters is 3. The summed E-state index contributed by atoms with van der Waals surface area (Å²) in [5.41, 5.74) is 0. The van der Waals surface area contributed by atoms with Crippen LogP contribution in [-0.2, 0) is 28.6 Å². The van der Waals surface area contributed by atoms with Gasteiger partial charge in [-0.05, 0) is 122 Å². The van der Waals surface area contributed by atoms with E-state index in [-0.39, 0.29) is 31.1 Å². The molecule has 1 unspecified atom stereocenters. The average molecular weight is 1140 g/mol. The van der Waals surface area contributed by atoms with Crippen LogP contribution >= 0.6 is 0 Å². The summed E-state index contributed by atoms with van der Waals surface area (Å²) in [5, 5.41) is 0. The fraction of sp³-hybridized carbons (Fsp3) is 0.724. The van der Waals surface area contributed by atoms with E-state index in [1.54, 1.807) is 0 Å². The molecule has 0 aromatic rings. The maximum atomic E-state index is 12.9. The van der Waals surface area contributed by atoms with Gasteiger partial charge in [0.05, 0.1) is 0 Å². The Balaban J connectivity index is 4.30. The number of hydrogen-bond donors (Lipinski definition) is 0. The van der Waals surface area contributed by atoms with Crippen molar-refractivity contribution in [1.29, 1.82) is 0 Å². The van der Waals surface area contributed by atoms with Gasteiger partial charge in [0.25, 0.3) is 0 Å². The second-order valence-electron chi connectivity index (χ2n) is 23.1. The van der Waals surface area contributed by atoms with Crippen LogP contribution in [-0.4, -0.2) is 37.2 Å². The lowest BCUT2D eigenvalue weighted by Gasteiger charge is -2.18. The van der Waals surface area contributed by atoms with E-state index in [0.29, 0.717) is 19.3 Å². The van der Waals surface area contributed by atoms with Crippen LogP contribution in [0, 0.1) is 0 Å². The van der Waals surface area contributed by atoms with E-state index in [4.69, 9.17) is 14.2 Å². The predicted molar refractivity (Wildman–Crippen MR) is 357 cm³/mol. The highest BCUT2D eigenvalue weighted by Crippen LogP contribution is 2.17.